The molecule has 242 valence electrons. The van der Waals surface area contributed by atoms with Crippen molar-refractivity contribution in [2.75, 3.05) is 19.0 Å². The lowest BCUT2D eigenvalue weighted by Gasteiger charge is -2.44. The number of carbonyl (C=O) groups excluding carboxylic acids is 3. The molecule has 0 bridgehead atoms. The second-order valence-electron chi connectivity index (χ2n) is 11.3. The summed E-state index contributed by atoms with van der Waals surface area (Å²) in [4.78, 5) is 40.8. The van der Waals surface area contributed by atoms with E-state index in [9.17, 15) is 19.5 Å². The maximum absolute atomic E-state index is 13.9. The molecule has 3 aromatic carbocycles. The molecule has 10 nitrogen and oxygen atoms in total. The number of hydrogen-bond donors (Lipinski definition) is 2. The van der Waals surface area contributed by atoms with Crippen molar-refractivity contribution in [1.82, 2.24) is 0 Å². The number of fused-ring (bicyclic) bond motifs is 1. The Morgan fingerprint density at radius 3 is 1.78 bits per heavy atom. The molecule has 0 aromatic heterocycles. The fraction of sp³-hybridized carbons (Fsp3) is 0.361. The molecule has 0 radical (unpaired) electrons. The Morgan fingerprint density at radius 1 is 0.783 bits per heavy atom. The van der Waals surface area contributed by atoms with Gasteiger partial charge in [0.2, 0.25) is 0 Å². The normalized spacial score (nSPS) is 26.8. The van der Waals surface area contributed by atoms with Crippen molar-refractivity contribution in [3.8, 4) is 0 Å². The number of benzene rings is 3. The molecular weight excluding hydrogens is 590 g/mol. The third-order valence-electron chi connectivity index (χ3n) is 8.10. The van der Waals surface area contributed by atoms with Crippen LogP contribution < -0.4 is 5.32 Å². The Kier molecular flexibility index (Phi) is 11.6. The topological polar surface area (TPSA) is 130 Å². The highest BCUT2D eigenvalue weighted by atomic mass is 16.7. The van der Waals surface area contributed by atoms with E-state index < -0.39 is 67.2 Å². The number of amides is 1. The minimum atomic E-state index is -1.35. The second kappa shape index (κ2) is 16.2. The molecule has 2 aliphatic rings. The molecule has 1 saturated heterocycles. The van der Waals surface area contributed by atoms with E-state index in [1.807, 2.05) is 72.8 Å². The second-order valence-corrected chi connectivity index (χ2v) is 11.3. The number of aliphatic hydroxyl groups excluding tert-OH is 1. The van der Waals surface area contributed by atoms with Crippen molar-refractivity contribution in [3.05, 3.63) is 114 Å². The van der Waals surface area contributed by atoms with Crippen LogP contribution in [0.5, 0.6) is 0 Å². The van der Waals surface area contributed by atoms with Crippen molar-refractivity contribution < 1.29 is 43.2 Å². The van der Waals surface area contributed by atoms with Gasteiger partial charge in [0.05, 0.1) is 18.4 Å². The van der Waals surface area contributed by atoms with Gasteiger partial charge in [-0.05, 0) is 48.9 Å². The number of allylic oxidation sites excluding steroid dienone is 2. The van der Waals surface area contributed by atoms with Crippen LogP contribution in [0.1, 0.15) is 24.0 Å². The molecule has 3 aromatic rings. The van der Waals surface area contributed by atoms with E-state index in [0.29, 0.717) is 31.4 Å². The first kappa shape index (κ1) is 32.9. The van der Waals surface area contributed by atoms with Crippen molar-refractivity contribution in [2.24, 2.45) is 11.8 Å². The maximum Gasteiger partial charge on any atom is 0.412 e. The summed E-state index contributed by atoms with van der Waals surface area (Å²) in [5.74, 6) is -2.32. The maximum atomic E-state index is 13.9. The molecule has 1 amide bonds. The minimum absolute atomic E-state index is 0.353. The monoisotopic (exact) mass is 629 g/mol. The summed E-state index contributed by atoms with van der Waals surface area (Å²) in [6, 6.07) is 27.8. The SMILES string of the molecule is CO[C@H]1O[C@H](CO)[C@H]2OC(=O)[C@@H](Cc3ccccc3)CC=CC[C@H](Cc3ccccc3)C(=O)O[C@@H]2[C@H]1OC(=O)Nc1ccccc1. The smallest absolute Gasteiger partial charge is 0.412 e. The van der Waals surface area contributed by atoms with Crippen LogP contribution in [0.15, 0.2) is 103 Å². The van der Waals surface area contributed by atoms with Gasteiger partial charge >= 0.3 is 18.0 Å². The lowest BCUT2D eigenvalue weighted by atomic mass is 9.92. The van der Waals surface area contributed by atoms with Crippen LogP contribution in [-0.2, 0) is 46.1 Å². The number of anilines is 1. The summed E-state index contributed by atoms with van der Waals surface area (Å²) in [6.07, 6.45) is -1.95. The van der Waals surface area contributed by atoms with Gasteiger partial charge in [0.25, 0.3) is 0 Å². The lowest BCUT2D eigenvalue weighted by Crippen LogP contribution is -2.63. The summed E-state index contributed by atoms with van der Waals surface area (Å²) >= 11 is 0. The predicted octanol–water partition coefficient (Wildman–Crippen LogP) is 4.86. The van der Waals surface area contributed by atoms with Crippen LogP contribution in [0, 0.1) is 11.8 Å². The number of nitrogens with one attached hydrogen (secondary N) is 1. The van der Waals surface area contributed by atoms with Gasteiger partial charge < -0.3 is 28.8 Å². The van der Waals surface area contributed by atoms with E-state index in [1.54, 1.807) is 30.3 Å². The molecule has 0 saturated carbocycles. The van der Waals surface area contributed by atoms with E-state index in [-0.39, 0.29) is 0 Å². The van der Waals surface area contributed by atoms with E-state index >= 15 is 0 Å². The van der Waals surface area contributed by atoms with E-state index in [4.69, 9.17) is 23.7 Å². The fourth-order valence-corrected chi connectivity index (χ4v) is 5.71. The molecule has 2 aliphatic heterocycles. The van der Waals surface area contributed by atoms with Gasteiger partial charge in [-0.25, -0.2) is 4.79 Å². The van der Waals surface area contributed by atoms with Gasteiger partial charge in [-0.15, -0.1) is 0 Å². The molecule has 5 rings (SSSR count). The van der Waals surface area contributed by atoms with Crippen LogP contribution in [0.3, 0.4) is 0 Å². The first-order valence-electron chi connectivity index (χ1n) is 15.4. The van der Waals surface area contributed by atoms with Gasteiger partial charge in [0.15, 0.2) is 24.6 Å². The molecule has 2 N–H and O–H groups in total. The third-order valence-corrected chi connectivity index (χ3v) is 8.10. The van der Waals surface area contributed by atoms with Gasteiger partial charge in [0, 0.05) is 12.8 Å². The number of esters is 2. The summed E-state index contributed by atoms with van der Waals surface area (Å²) < 4.78 is 29.4. The number of ether oxygens (including phenoxy) is 5. The van der Waals surface area contributed by atoms with Crippen LogP contribution in [0.4, 0.5) is 10.5 Å². The molecule has 46 heavy (non-hydrogen) atoms. The van der Waals surface area contributed by atoms with E-state index in [2.05, 4.69) is 5.32 Å². The van der Waals surface area contributed by atoms with Crippen LogP contribution in [0.25, 0.3) is 0 Å². The Balaban J connectivity index is 1.49. The van der Waals surface area contributed by atoms with Gasteiger partial charge in [-0.2, -0.15) is 0 Å². The van der Waals surface area contributed by atoms with Crippen molar-refractivity contribution in [3.63, 3.8) is 0 Å². The number of carbonyl (C=O) groups is 3. The number of methoxy groups -OCH3 is 1. The van der Waals surface area contributed by atoms with Crippen LogP contribution in [0.2, 0.25) is 0 Å². The van der Waals surface area contributed by atoms with Crippen molar-refractivity contribution in [1.29, 1.82) is 0 Å². The van der Waals surface area contributed by atoms with Gasteiger partial charge in [-0.1, -0.05) is 91.0 Å². The van der Waals surface area contributed by atoms with Gasteiger partial charge in [-0.3, -0.25) is 14.9 Å². The molecule has 7 atom stereocenters. The zero-order valence-corrected chi connectivity index (χ0v) is 25.6. The minimum Gasteiger partial charge on any atom is -0.455 e. The molecule has 2 heterocycles. The number of hydrogen-bond acceptors (Lipinski definition) is 9. The number of para-hydroxylation sites is 1. The summed E-state index contributed by atoms with van der Waals surface area (Å²) in [6.45, 7) is -0.578. The Morgan fingerprint density at radius 2 is 1.28 bits per heavy atom. The number of aliphatic hydroxyl groups is 1. The molecule has 1 fully saturated rings. The Labute approximate surface area is 268 Å². The summed E-state index contributed by atoms with van der Waals surface area (Å²) in [5, 5.41) is 13.0. The van der Waals surface area contributed by atoms with E-state index in [0.717, 1.165) is 11.1 Å². The summed E-state index contributed by atoms with van der Waals surface area (Å²) in [7, 11) is 1.34. The highest BCUT2D eigenvalue weighted by Crippen LogP contribution is 2.32. The quantitative estimate of drug-likeness (QED) is 0.204. The largest absolute Gasteiger partial charge is 0.455 e. The van der Waals surface area contributed by atoms with Gasteiger partial charge in [0.1, 0.15) is 6.10 Å². The standard InChI is InChI=1S/C36H39NO9/c1-42-35-32(46-36(41)37-28-19-9-4-10-20-28)31-30(29(23-38)43-35)44-33(39)26(21-24-13-5-2-6-14-24)17-11-12-18-27(34(40)45-31)22-25-15-7-3-8-16-25/h2-16,19-20,26-27,29-32,35,38H,17-18,21-23H2,1H3,(H,37,41)/t26-,27-,29-,30-,31+,32-,35+/m1/s1. The lowest BCUT2D eigenvalue weighted by molar-refractivity contribution is -0.299. The van der Waals surface area contributed by atoms with Crippen LogP contribution in [-0.4, -0.2) is 67.6 Å². The third kappa shape index (κ3) is 8.60. The van der Waals surface area contributed by atoms with Crippen molar-refractivity contribution >= 4 is 23.7 Å². The van der Waals surface area contributed by atoms with Crippen LogP contribution >= 0.6 is 0 Å². The molecule has 0 unspecified atom stereocenters. The number of rotatable bonds is 8. The van der Waals surface area contributed by atoms with E-state index in [1.165, 1.54) is 7.11 Å². The summed E-state index contributed by atoms with van der Waals surface area (Å²) in [5.41, 5.74) is 2.37. The Bertz CT molecular complexity index is 1450. The average Bonchev–Trinajstić information content (AvgIpc) is 3.07. The van der Waals surface area contributed by atoms with Crippen molar-refractivity contribution in [2.45, 2.75) is 56.4 Å². The first-order valence-corrected chi connectivity index (χ1v) is 15.4. The molecular formula is C36H39NO9. The highest BCUT2D eigenvalue weighted by Gasteiger charge is 2.53. The molecule has 10 heteroatoms. The Hall–Kier alpha value is -4.51. The zero-order chi connectivity index (χ0) is 32.3. The molecule has 0 spiro atoms. The fourth-order valence-electron chi connectivity index (χ4n) is 5.71. The average molecular weight is 630 g/mol. The first-order chi connectivity index (χ1) is 22.4. The zero-order valence-electron chi connectivity index (χ0n) is 25.6. The highest BCUT2D eigenvalue weighted by molar-refractivity contribution is 5.84. The predicted molar refractivity (Wildman–Crippen MR) is 168 cm³/mol. The molecule has 0 aliphatic carbocycles.